The van der Waals surface area contributed by atoms with Crippen LogP contribution in [-0.2, 0) is 6.42 Å². The van der Waals surface area contributed by atoms with Crippen LogP contribution in [0.5, 0.6) is 0 Å². The average molecular weight is 191 g/mol. The van der Waals surface area contributed by atoms with Crippen LogP contribution in [0.3, 0.4) is 0 Å². The largest absolute Gasteiger partial charge is 0.368 e. The van der Waals surface area contributed by atoms with Crippen molar-refractivity contribution in [2.24, 2.45) is 0 Å². The summed E-state index contributed by atoms with van der Waals surface area (Å²) in [4.78, 5) is 15.4. The molecule has 0 aliphatic rings. The highest BCUT2D eigenvalue weighted by atomic mass is 15.1. The van der Waals surface area contributed by atoms with Crippen molar-refractivity contribution in [2.45, 2.75) is 26.2 Å². The lowest BCUT2D eigenvalue weighted by Gasteiger charge is -1.90. The fourth-order valence-electron chi connectivity index (χ4n) is 1.33. The molecule has 2 rings (SSSR count). The van der Waals surface area contributed by atoms with Crippen molar-refractivity contribution >= 4 is 17.1 Å². The Hall–Kier alpha value is -1.65. The van der Waals surface area contributed by atoms with Crippen LogP contribution in [0.4, 0.5) is 5.95 Å². The van der Waals surface area contributed by atoms with Gasteiger partial charge in [-0.3, -0.25) is 0 Å². The number of hydrogen-bond acceptors (Lipinski definition) is 4. The van der Waals surface area contributed by atoms with Crippen molar-refractivity contribution in [2.75, 3.05) is 5.73 Å². The van der Waals surface area contributed by atoms with E-state index in [2.05, 4.69) is 26.9 Å². The van der Waals surface area contributed by atoms with Crippen LogP contribution >= 0.6 is 0 Å². The molecule has 0 aromatic carbocycles. The first-order valence-electron chi connectivity index (χ1n) is 4.76. The van der Waals surface area contributed by atoms with Crippen LogP contribution in [0.1, 0.15) is 25.6 Å². The van der Waals surface area contributed by atoms with Crippen molar-refractivity contribution in [3.63, 3.8) is 0 Å². The van der Waals surface area contributed by atoms with Crippen molar-refractivity contribution in [1.82, 2.24) is 19.9 Å². The molecule has 5 nitrogen and oxygen atoms in total. The van der Waals surface area contributed by atoms with Gasteiger partial charge in [0.1, 0.15) is 11.3 Å². The van der Waals surface area contributed by atoms with E-state index < -0.39 is 0 Å². The number of hydrogen-bond donors (Lipinski definition) is 2. The van der Waals surface area contributed by atoms with Crippen LogP contribution in [0, 0.1) is 0 Å². The second kappa shape index (κ2) is 3.61. The normalized spacial score (nSPS) is 10.9. The number of unbranched alkanes of at least 4 members (excludes halogenated alkanes) is 1. The number of nitrogen functional groups attached to an aromatic ring is 1. The SMILES string of the molecule is CCCCc1nc2nc(N)ncc2[nH]1. The molecule has 0 saturated heterocycles. The Morgan fingerprint density at radius 2 is 2.29 bits per heavy atom. The van der Waals surface area contributed by atoms with Crippen LogP contribution in [0.15, 0.2) is 6.20 Å². The topological polar surface area (TPSA) is 80.5 Å². The number of rotatable bonds is 3. The van der Waals surface area contributed by atoms with Gasteiger partial charge in [0, 0.05) is 6.42 Å². The maximum Gasteiger partial charge on any atom is 0.222 e. The van der Waals surface area contributed by atoms with E-state index in [0.717, 1.165) is 30.6 Å². The molecule has 3 N–H and O–H groups in total. The van der Waals surface area contributed by atoms with Crippen molar-refractivity contribution in [1.29, 1.82) is 0 Å². The highest BCUT2D eigenvalue weighted by molar-refractivity contribution is 5.70. The highest BCUT2D eigenvalue weighted by Crippen LogP contribution is 2.10. The lowest BCUT2D eigenvalue weighted by atomic mass is 10.2. The minimum absolute atomic E-state index is 0.269. The molecule has 0 spiro atoms. The molecule has 0 saturated carbocycles. The first-order valence-corrected chi connectivity index (χ1v) is 4.76. The molecule has 0 aliphatic carbocycles. The molecule has 0 bridgehead atoms. The molecule has 2 heterocycles. The third kappa shape index (κ3) is 1.66. The summed E-state index contributed by atoms with van der Waals surface area (Å²) in [6.45, 7) is 2.15. The van der Waals surface area contributed by atoms with Gasteiger partial charge in [0.2, 0.25) is 5.95 Å². The molecule has 5 heteroatoms. The Balaban J connectivity index is 2.32. The molecule has 0 amide bonds. The van der Waals surface area contributed by atoms with Crippen LogP contribution in [0.25, 0.3) is 11.2 Å². The van der Waals surface area contributed by atoms with Crippen LogP contribution < -0.4 is 5.73 Å². The lowest BCUT2D eigenvalue weighted by Crippen LogP contribution is -1.93. The molecule has 0 atom stereocenters. The maximum atomic E-state index is 5.46. The fraction of sp³-hybridized carbons (Fsp3) is 0.444. The predicted molar refractivity (Wildman–Crippen MR) is 54.7 cm³/mol. The number of nitrogens with two attached hydrogens (primary N) is 1. The molecule has 0 unspecified atom stereocenters. The minimum atomic E-state index is 0.269. The summed E-state index contributed by atoms with van der Waals surface area (Å²) in [5, 5.41) is 0. The number of H-pyrrole nitrogens is 1. The zero-order valence-electron chi connectivity index (χ0n) is 8.12. The van der Waals surface area contributed by atoms with Gasteiger partial charge in [0.05, 0.1) is 6.20 Å². The standard InChI is InChI=1S/C9H13N5/c1-2-3-4-7-12-6-5-11-9(10)14-8(6)13-7/h5H,2-4H2,1H3,(H3,10,11,12,13,14). The number of aromatic nitrogens is 4. The van der Waals surface area contributed by atoms with Crippen molar-refractivity contribution in [3.05, 3.63) is 12.0 Å². The van der Waals surface area contributed by atoms with Crippen molar-refractivity contribution < 1.29 is 0 Å². The van der Waals surface area contributed by atoms with Gasteiger partial charge in [0.15, 0.2) is 5.65 Å². The summed E-state index contributed by atoms with van der Waals surface area (Å²) in [5.41, 5.74) is 6.97. The molecule has 2 aromatic heterocycles. The predicted octanol–water partition coefficient (Wildman–Crippen LogP) is 1.28. The quantitative estimate of drug-likeness (QED) is 0.765. The smallest absolute Gasteiger partial charge is 0.222 e. The number of nitrogens with zero attached hydrogens (tertiary/aromatic N) is 3. The zero-order chi connectivity index (χ0) is 9.97. The highest BCUT2D eigenvalue weighted by Gasteiger charge is 2.03. The van der Waals surface area contributed by atoms with Crippen molar-refractivity contribution in [3.8, 4) is 0 Å². The first kappa shape index (κ1) is 8.93. The van der Waals surface area contributed by atoms with Gasteiger partial charge in [-0.2, -0.15) is 4.98 Å². The van der Waals surface area contributed by atoms with E-state index in [0.29, 0.717) is 5.65 Å². The molecule has 0 aliphatic heterocycles. The molecule has 74 valence electrons. The Bertz CT molecular complexity index is 434. The Morgan fingerprint density at radius 3 is 3.07 bits per heavy atom. The van der Waals surface area contributed by atoms with Gasteiger partial charge in [-0.15, -0.1) is 0 Å². The molecule has 2 aromatic rings. The first-order chi connectivity index (χ1) is 6.79. The summed E-state index contributed by atoms with van der Waals surface area (Å²) in [5.74, 6) is 1.23. The Morgan fingerprint density at radius 1 is 1.43 bits per heavy atom. The summed E-state index contributed by atoms with van der Waals surface area (Å²) in [7, 11) is 0. The number of anilines is 1. The minimum Gasteiger partial charge on any atom is -0.368 e. The molecule has 0 radical (unpaired) electrons. The van der Waals surface area contributed by atoms with Crippen LogP contribution in [0.2, 0.25) is 0 Å². The summed E-state index contributed by atoms with van der Waals surface area (Å²) < 4.78 is 0. The van der Waals surface area contributed by atoms with E-state index in [1.54, 1.807) is 6.20 Å². The number of nitrogens with one attached hydrogen (secondary N) is 1. The van der Waals surface area contributed by atoms with E-state index in [1.807, 2.05) is 0 Å². The van der Waals surface area contributed by atoms with Gasteiger partial charge in [0.25, 0.3) is 0 Å². The van der Waals surface area contributed by atoms with Gasteiger partial charge in [-0.1, -0.05) is 13.3 Å². The number of imidazole rings is 1. The van der Waals surface area contributed by atoms with E-state index in [9.17, 15) is 0 Å². The summed E-state index contributed by atoms with van der Waals surface area (Å²) in [6, 6.07) is 0. The number of aryl methyl sites for hydroxylation is 1. The van der Waals surface area contributed by atoms with Gasteiger partial charge >= 0.3 is 0 Å². The summed E-state index contributed by atoms with van der Waals surface area (Å²) in [6.07, 6.45) is 4.90. The lowest BCUT2D eigenvalue weighted by molar-refractivity contribution is 0.764. The summed E-state index contributed by atoms with van der Waals surface area (Å²) >= 11 is 0. The van der Waals surface area contributed by atoms with Crippen LogP contribution in [-0.4, -0.2) is 19.9 Å². The second-order valence-corrected chi connectivity index (χ2v) is 3.25. The van der Waals surface area contributed by atoms with E-state index in [1.165, 1.54) is 0 Å². The van der Waals surface area contributed by atoms with E-state index >= 15 is 0 Å². The molecular formula is C9H13N5. The number of aromatic amines is 1. The van der Waals surface area contributed by atoms with Gasteiger partial charge < -0.3 is 10.7 Å². The van der Waals surface area contributed by atoms with Gasteiger partial charge in [-0.05, 0) is 6.42 Å². The Kier molecular flexibility index (Phi) is 2.30. The van der Waals surface area contributed by atoms with Gasteiger partial charge in [-0.25, -0.2) is 9.97 Å². The maximum absolute atomic E-state index is 5.46. The monoisotopic (exact) mass is 191 g/mol. The number of fused-ring (bicyclic) bond motifs is 1. The Labute approximate surface area is 81.8 Å². The van der Waals surface area contributed by atoms with E-state index in [4.69, 9.17) is 5.73 Å². The second-order valence-electron chi connectivity index (χ2n) is 3.25. The third-order valence-corrected chi connectivity index (χ3v) is 2.07. The average Bonchev–Trinajstić information content (AvgIpc) is 2.56. The third-order valence-electron chi connectivity index (χ3n) is 2.07. The molecular weight excluding hydrogens is 178 g/mol. The zero-order valence-corrected chi connectivity index (χ0v) is 8.12. The molecule has 0 fully saturated rings. The van der Waals surface area contributed by atoms with E-state index in [-0.39, 0.29) is 5.95 Å². The fourth-order valence-corrected chi connectivity index (χ4v) is 1.33. The molecule has 14 heavy (non-hydrogen) atoms.